The monoisotopic (exact) mass is 601 g/mol. The van der Waals surface area contributed by atoms with Crippen molar-refractivity contribution < 1.29 is 9.90 Å². The highest BCUT2D eigenvalue weighted by molar-refractivity contribution is 5.73. The largest absolute Gasteiger partial charge is 0.508 e. The molecule has 0 bridgehead atoms. The van der Waals surface area contributed by atoms with Gasteiger partial charge in [0.2, 0.25) is 0 Å². The van der Waals surface area contributed by atoms with E-state index in [1.54, 1.807) is 12.1 Å². The molecule has 4 nitrogen and oxygen atoms in total. The quantitative estimate of drug-likeness (QED) is 0.0720. The number of aromatic hydroxyl groups is 1. The maximum atomic E-state index is 11.9. The Morgan fingerprint density at radius 2 is 0.767 bits per heavy atom. The van der Waals surface area contributed by atoms with Crippen LogP contribution in [0.25, 0.3) is 0 Å². The van der Waals surface area contributed by atoms with E-state index in [1.807, 2.05) is 12.1 Å². The van der Waals surface area contributed by atoms with Gasteiger partial charge in [-0.15, -0.1) is 0 Å². The third kappa shape index (κ3) is 28.8. The Labute approximate surface area is 268 Å². The number of amides is 2. The van der Waals surface area contributed by atoms with Gasteiger partial charge < -0.3 is 15.7 Å². The Morgan fingerprint density at radius 1 is 0.465 bits per heavy atom. The van der Waals surface area contributed by atoms with Crippen molar-refractivity contribution in [3.63, 3.8) is 0 Å². The zero-order valence-electron chi connectivity index (χ0n) is 28.6. The van der Waals surface area contributed by atoms with Crippen molar-refractivity contribution in [1.29, 1.82) is 0 Å². The molecule has 0 unspecified atom stereocenters. The standard InChI is InChI=1S/C39H72N2O2/c1-2-3-4-5-6-7-8-9-10-11-12-13-14-15-16-17-18-19-20-21-22-23-24-25-26-27-28-29-30-35-40-39(43)41-36-37-31-33-38(42)34-32-37/h31-34,42H,2-30,35-36H2,1H3,(H2,40,41,43). The summed E-state index contributed by atoms with van der Waals surface area (Å²) in [6, 6.07) is 6.79. The highest BCUT2D eigenvalue weighted by Crippen LogP contribution is 2.16. The first-order valence-electron chi connectivity index (χ1n) is 19.0. The van der Waals surface area contributed by atoms with Gasteiger partial charge in [0.25, 0.3) is 0 Å². The summed E-state index contributed by atoms with van der Waals surface area (Å²) in [5, 5.41) is 15.1. The molecule has 250 valence electrons. The number of carbonyl (C=O) groups excluding carboxylic acids is 1. The van der Waals surface area contributed by atoms with E-state index in [4.69, 9.17) is 0 Å². The summed E-state index contributed by atoms with van der Waals surface area (Å²) in [5.74, 6) is 0.245. The van der Waals surface area contributed by atoms with Crippen molar-refractivity contribution in [2.75, 3.05) is 6.54 Å². The van der Waals surface area contributed by atoms with Gasteiger partial charge in [-0.25, -0.2) is 4.79 Å². The average molecular weight is 601 g/mol. The molecule has 0 atom stereocenters. The number of rotatable bonds is 32. The number of hydrogen-bond donors (Lipinski definition) is 3. The lowest BCUT2D eigenvalue weighted by molar-refractivity contribution is 0.240. The van der Waals surface area contributed by atoms with E-state index >= 15 is 0 Å². The molecule has 43 heavy (non-hydrogen) atoms. The first-order chi connectivity index (χ1) is 21.2. The van der Waals surface area contributed by atoms with Gasteiger partial charge in [-0.05, 0) is 24.1 Å². The lowest BCUT2D eigenvalue weighted by atomic mass is 10.0. The summed E-state index contributed by atoms with van der Waals surface area (Å²) in [7, 11) is 0. The number of carbonyl (C=O) groups is 1. The van der Waals surface area contributed by atoms with Crippen molar-refractivity contribution in [3.05, 3.63) is 29.8 Å². The van der Waals surface area contributed by atoms with Crippen molar-refractivity contribution >= 4 is 6.03 Å². The van der Waals surface area contributed by atoms with E-state index in [0.29, 0.717) is 6.54 Å². The van der Waals surface area contributed by atoms with Crippen molar-refractivity contribution in [3.8, 4) is 5.75 Å². The molecule has 1 rings (SSSR count). The summed E-state index contributed by atoms with van der Waals surface area (Å²) in [4.78, 5) is 11.9. The number of nitrogens with one attached hydrogen (secondary N) is 2. The smallest absolute Gasteiger partial charge is 0.315 e. The van der Waals surface area contributed by atoms with Crippen LogP contribution in [-0.2, 0) is 6.54 Å². The van der Waals surface area contributed by atoms with Gasteiger partial charge in [0, 0.05) is 13.1 Å². The van der Waals surface area contributed by atoms with Gasteiger partial charge in [0.15, 0.2) is 0 Å². The predicted molar refractivity (Wildman–Crippen MR) is 188 cm³/mol. The minimum atomic E-state index is -0.117. The maximum Gasteiger partial charge on any atom is 0.315 e. The Bertz CT molecular complexity index is 706. The zero-order valence-corrected chi connectivity index (χ0v) is 28.6. The highest BCUT2D eigenvalue weighted by Gasteiger charge is 2.01. The van der Waals surface area contributed by atoms with E-state index < -0.39 is 0 Å². The minimum Gasteiger partial charge on any atom is -0.508 e. The zero-order chi connectivity index (χ0) is 30.9. The second-order valence-corrected chi connectivity index (χ2v) is 13.2. The summed E-state index contributed by atoms with van der Waals surface area (Å²) in [5.41, 5.74) is 0.980. The van der Waals surface area contributed by atoms with Gasteiger partial charge in [-0.2, -0.15) is 0 Å². The fourth-order valence-electron chi connectivity index (χ4n) is 6.03. The van der Waals surface area contributed by atoms with Crippen LogP contribution in [0.3, 0.4) is 0 Å². The fourth-order valence-corrected chi connectivity index (χ4v) is 6.03. The second kappa shape index (κ2) is 31.7. The molecule has 0 saturated heterocycles. The molecular weight excluding hydrogens is 528 g/mol. The third-order valence-corrected chi connectivity index (χ3v) is 8.96. The van der Waals surface area contributed by atoms with Crippen LogP contribution in [0.15, 0.2) is 24.3 Å². The molecule has 0 spiro atoms. The fraction of sp³-hybridized carbons (Fsp3) is 0.821. The predicted octanol–water partition coefficient (Wildman–Crippen LogP) is 12.5. The van der Waals surface area contributed by atoms with Crippen molar-refractivity contribution in [1.82, 2.24) is 10.6 Å². The molecular formula is C39H72N2O2. The summed E-state index contributed by atoms with van der Waals surface area (Å²) >= 11 is 0. The molecule has 0 heterocycles. The van der Waals surface area contributed by atoms with Crippen LogP contribution in [-0.4, -0.2) is 17.7 Å². The van der Waals surface area contributed by atoms with Crippen molar-refractivity contribution in [2.24, 2.45) is 0 Å². The van der Waals surface area contributed by atoms with Crippen LogP contribution in [0.1, 0.15) is 199 Å². The molecule has 0 saturated carbocycles. The number of urea groups is 1. The molecule has 0 radical (unpaired) electrons. The van der Waals surface area contributed by atoms with E-state index in [1.165, 1.54) is 180 Å². The second-order valence-electron chi connectivity index (χ2n) is 13.2. The highest BCUT2D eigenvalue weighted by atomic mass is 16.3. The Balaban J connectivity index is 1.66. The van der Waals surface area contributed by atoms with E-state index in [-0.39, 0.29) is 11.8 Å². The lowest BCUT2D eigenvalue weighted by Gasteiger charge is -2.08. The molecule has 0 aliphatic carbocycles. The normalized spacial score (nSPS) is 11.2. The molecule has 3 N–H and O–H groups in total. The Morgan fingerprint density at radius 3 is 1.09 bits per heavy atom. The van der Waals surface area contributed by atoms with E-state index in [9.17, 15) is 9.90 Å². The average Bonchev–Trinajstić information content (AvgIpc) is 3.01. The van der Waals surface area contributed by atoms with Gasteiger partial charge in [-0.1, -0.05) is 199 Å². The first-order valence-corrected chi connectivity index (χ1v) is 19.0. The molecule has 1 aromatic rings. The first kappa shape index (κ1) is 39.3. The number of phenolic OH excluding ortho intramolecular Hbond substituents is 1. The summed E-state index contributed by atoms with van der Waals surface area (Å²) in [6.07, 6.45) is 41.0. The number of phenols is 1. The number of hydrogen-bond acceptors (Lipinski definition) is 2. The Kier molecular flexibility index (Phi) is 29.0. The molecule has 0 aliphatic rings. The molecule has 4 heteroatoms. The molecule has 0 aromatic heterocycles. The number of benzene rings is 1. The van der Waals surface area contributed by atoms with Crippen LogP contribution in [0.4, 0.5) is 4.79 Å². The number of unbranched alkanes of at least 4 members (excludes halogenated alkanes) is 28. The Hall–Kier alpha value is -1.71. The van der Waals surface area contributed by atoms with E-state index in [0.717, 1.165) is 18.5 Å². The van der Waals surface area contributed by atoms with Crippen LogP contribution in [0.2, 0.25) is 0 Å². The molecule has 2 amide bonds. The van der Waals surface area contributed by atoms with Crippen molar-refractivity contribution in [2.45, 2.75) is 200 Å². The molecule has 0 aliphatic heterocycles. The molecule has 0 fully saturated rings. The van der Waals surface area contributed by atoms with Crippen LogP contribution in [0, 0.1) is 0 Å². The maximum absolute atomic E-state index is 11.9. The van der Waals surface area contributed by atoms with Crippen LogP contribution >= 0.6 is 0 Å². The van der Waals surface area contributed by atoms with Crippen LogP contribution in [0.5, 0.6) is 5.75 Å². The van der Waals surface area contributed by atoms with Crippen LogP contribution < -0.4 is 10.6 Å². The third-order valence-electron chi connectivity index (χ3n) is 8.96. The summed E-state index contributed by atoms with van der Waals surface area (Å²) in [6.45, 7) is 3.51. The lowest BCUT2D eigenvalue weighted by Crippen LogP contribution is -2.35. The SMILES string of the molecule is CCCCCCCCCCCCCCCCCCCCCCCCCCCCCCCNC(=O)NCc1ccc(O)cc1. The topological polar surface area (TPSA) is 61.4 Å². The van der Waals surface area contributed by atoms with Gasteiger partial charge in [0.1, 0.15) is 5.75 Å². The van der Waals surface area contributed by atoms with Gasteiger partial charge >= 0.3 is 6.03 Å². The molecule has 1 aromatic carbocycles. The van der Waals surface area contributed by atoms with E-state index in [2.05, 4.69) is 17.6 Å². The minimum absolute atomic E-state index is 0.117. The summed E-state index contributed by atoms with van der Waals surface area (Å²) < 4.78 is 0. The van der Waals surface area contributed by atoms with Gasteiger partial charge in [-0.3, -0.25) is 0 Å². The van der Waals surface area contributed by atoms with Gasteiger partial charge in [0.05, 0.1) is 0 Å².